The summed E-state index contributed by atoms with van der Waals surface area (Å²) in [7, 11) is 0. The molecule has 0 N–H and O–H groups in total. The molecule has 0 bridgehead atoms. The molecule has 0 aliphatic heterocycles. The van der Waals surface area contributed by atoms with E-state index in [1.807, 2.05) is 146 Å². The number of hydrogen-bond donors (Lipinski definition) is 0. The molecule has 0 radical (unpaired) electrons. The summed E-state index contributed by atoms with van der Waals surface area (Å²) in [5.74, 6) is 7.77. The van der Waals surface area contributed by atoms with Gasteiger partial charge in [-0.05, 0) is 203 Å². The molecule has 7 aromatic carbocycles. The van der Waals surface area contributed by atoms with Gasteiger partial charge < -0.3 is 42.6 Å². The Balaban J connectivity index is 0.699. The van der Waals surface area contributed by atoms with Crippen molar-refractivity contribution in [2.45, 2.75) is 367 Å². The van der Waals surface area contributed by atoms with Crippen molar-refractivity contribution in [2.24, 2.45) is 30.7 Å². The fraction of sp³-hybridized carbons (Fsp3) is 0.611. The van der Waals surface area contributed by atoms with Gasteiger partial charge in [-0.3, -0.25) is 0 Å². The molecule has 15 heteroatoms. The molecule has 7 rings (SSSR count). The first-order valence-corrected chi connectivity index (χ1v) is 49.7. The highest BCUT2D eigenvalue weighted by Crippen LogP contribution is 2.32. The van der Waals surface area contributed by atoms with E-state index >= 15 is 0 Å². The van der Waals surface area contributed by atoms with E-state index in [4.69, 9.17) is 42.6 Å². The van der Waals surface area contributed by atoms with E-state index in [-0.39, 0.29) is 0 Å². The Labute approximate surface area is 745 Å². The van der Waals surface area contributed by atoms with Crippen molar-refractivity contribution in [3.05, 3.63) is 164 Å². The summed E-state index contributed by atoms with van der Waals surface area (Å²) >= 11 is 0. The highest BCUT2D eigenvalue weighted by molar-refractivity contribution is 5.48. The van der Waals surface area contributed by atoms with Crippen LogP contribution >= 0.6 is 0 Å². The summed E-state index contributed by atoms with van der Waals surface area (Å²) in [5, 5.41) is 26.7. The quantitative estimate of drug-likeness (QED) is 0.0267. The molecule has 123 heavy (non-hydrogen) atoms. The zero-order valence-corrected chi connectivity index (χ0v) is 77.0. The minimum absolute atomic E-state index is 0.690. The third kappa shape index (κ3) is 53.5. The minimum Gasteiger partial charge on any atom is -0.494 e. The van der Waals surface area contributed by atoms with Crippen molar-refractivity contribution >= 4 is 34.1 Å². The number of unbranched alkanes of at least 4 members (excludes halogenated alkanes) is 48. The van der Waals surface area contributed by atoms with Gasteiger partial charge in [0.15, 0.2) is 0 Å². The van der Waals surface area contributed by atoms with Crippen molar-refractivity contribution in [2.75, 3.05) is 59.5 Å². The van der Waals surface area contributed by atoms with Crippen LogP contribution in [0.15, 0.2) is 194 Å². The van der Waals surface area contributed by atoms with Crippen LogP contribution < -0.4 is 42.6 Å². The molecule has 0 saturated carbocycles. The van der Waals surface area contributed by atoms with Gasteiger partial charge in [0.25, 0.3) is 0 Å². The van der Waals surface area contributed by atoms with Crippen LogP contribution in [0.2, 0.25) is 0 Å². The van der Waals surface area contributed by atoms with Crippen LogP contribution in [-0.4, -0.2) is 59.5 Å². The third-order valence-electron chi connectivity index (χ3n) is 22.7. The van der Waals surface area contributed by atoms with Crippen LogP contribution in [-0.2, 0) is 0 Å². The van der Waals surface area contributed by atoms with Crippen molar-refractivity contribution in [3.63, 3.8) is 0 Å². The maximum Gasteiger partial charge on any atom is 0.126 e. The highest BCUT2D eigenvalue weighted by atomic mass is 16.5. The number of benzene rings is 7. The molecule has 0 atom stereocenters. The number of nitrogens with zero attached hydrogens (tertiary/aromatic N) is 6. The predicted octanol–water partition coefficient (Wildman–Crippen LogP) is 35.6. The largest absolute Gasteiger partial charge is 0.494 e. The Bertz CT molecular complexity index is 3290. The maximum atomic E-state index is 6.41. The Hall–Kier alpha value is -8.46. The molecule has 0 amide bonds. The molecular weight excluding hydrogens is 1530 g/mol. The molecule has 15 nitrogen and oxygen atoms in total. The number of azo groups is 3. The van der Waals surface area contributed by atoms with Crippen LogP contribution in [0.25, 0.3) is 0 Å². The fourth-order valence-electron chi connectivity index (χ4n) is 15.1. The summed E-state index contributed by atoms with van der Waals surface area (Å²) in [5.41, 5.74) is 4.84. The Kier molecular flexibility index (Phi) is 59.3. The summed E-state index contributed by atoms with van der Waals surface area (Å²) in [6.45, 7) is 13.3. The zero-order chi connectivity index (χ0) is 85.9. The van der Waals surface area contributed by atoms with Crippen molar-refractivity contribution in [1.82, 2.24) is 0 Å². The van der Waals surface area contributed by atoms with E-state index in [0.717, 1.165) is 203 Å². The molecule has 7 aromatic rings. The van der Waals surface area contributed by atoms with Gasteiger partial charge in [-0.25, -0.2) is 0 Å². The summed E-state index contributed by atoms with van der Waals surface area (Å²) in [6.07, 6.45) is 67.5. The molecular formula is C108H162N6O9. The van der Waals surface area contributed by atoms with E-state index in [0.29, 0.717) is 19.8 Å². The molecule has 0 fully saturated rings. The van der Waals surface area contributed by atoms with Gasteiger partial charge in [0.05, 0.1) is 93.6 Å². The minimum atomic E-state index is 0.690. The van der Waals surface area contributed by atoms with Crippen molar-refractivity contribution in [3.8, 4) is 51.7 Å². The summed E-state index contributed by atoms with van der Waals surface area (Å²) < 4.78 is 55.4. The van der Waals surface area contributed by atoms with Gasteiger partial charge in [-0.1, -0.05) is 310 Å². The number of rotatable bonds is 81. The smallest absolute Gasteiger partial charge is 0.126 e. The zero-order valence-electron chi connectivity index (χ0n) is 77.0. The van der Waals surface area contributed by atoms with E-state index in [9.17, 15) is 0 Å². The van der Waals surface area contributed by atoms with Gasteiger partial charge in [0, 0.05) is 18.2 Å². The fourth-order valence-corrected chi connectivity index (χ4v) is 15.1. The molecule has 678 valence electrons. The topological polar surface area (TPSA) is 157 Å². The molecule has 0 saturated heterocycles. The molecule has 0 heterocycles. The molecule has 0 aliphatic carbocycles. The van der Waals surface area contributed by atoms with Crippen LogP contribution in [0.4, 0.5) is 34.1 Å². The van der Waals surface area contributed by atoms with E-state index in [2.05, 4.69) is 69.7 Å². The molecule has 0 spiro atoms. The normalized spacial score (nSPS) is 11.5. The maximum absolute atomic E-state index is 6.41. The van der Waals surface area contributed by atoms with Gasteiger partial charge in [-0.2, -0.15) is 30.7 Å². The lowest BCUT2D eigenvalue weighted by molar-refractivity contribution is 0.275. The number of hydrogen-bond acceptors (Lipinski definition) is 15. The van der Waals surface area contributed by atoms with Crippen LogP contribution in [0, 0.1) is 0 Å². The van der Waals surface area contributed by atoms with Crippen LogP contribution in [0.1, 0.15) is 367 Å². The SMILES string of the molecule is CCCCCCCCCCCOc1ccc(N=Nc2ccc(OCCCCCCCCCCCOc3cc(OCCCCCCCCCCCOc4ccc(N=Nc5ccc(OCCCCCCCCCCC)cc5)cc4)cc(OCCCCCCCCCCCOc4ccc(N=Nc5ccc(OCCCCCCCCCCC)cc5)cc4)c3)cc2)cc1. The summed E-state index contributed by atoms with van der Waals surface area (Å²) in [6, 6.07) is 53.5. The van der Waals surface area contributed by atoms with E-state index < -0.39 is 0 Å². The van der Waals surface area contributed by atoms with Gasteiger partial charge in [0.2, 0.25) is 0 Å². The molecule has 0 aliphatic rings. The predicted molar refractivity (Wildman–Crippen MR) is 513 cm³/mol. The average molecular weight is 1690 g/mol. The Morgan fingerprint density at radius 2 is 0.236 bits per heavy atom. The van der Waals surface area contributed by atoms with Crippen LogP contribution in [0.5, 0.6) is 51.7 Å². The van der Waals surface area contributed by atoms with Crippen molar-refractivity contribution < 1.29 is 42.6 Å². The van der Waals surface area contributed by atoms with E-state index in [1.165, 1.54) is 270 Å². The molecule has 0 aromatic heterocycles. The Morgan fingerprint density at radius 1 is 0.130 bits per heavy atom. The first kappa shape index (κ1) is 102. The summed E-state index contributed by atoms with van der Waals surface area (Å²) in [4.78, 5) is 0. The first-order valence-electron chi connectivity index (χ1n) is 49.7. The van der Waals surface area contributed by atoms with Gasteiger partial charge >= 0.3 is 0 Å². The standard InChI is InChI=1S/C108H162N6O9/c1-4-7-10-13-16-22-31-40-49-82-115-100-70-58-94(59-71-100)109-112-97-64-76-103(77-65-97)118-85-52-43-34-25-19-28-37-46-55-88-121-106-91-107(122-89-56-47-38-29-20-26-35-44-53-86-119-104-78-66-98(67-79-104)113-110-95-60-72-101(73-61-95)116-83-50-41-32-23-17-14-11-8-5-2)93-108(92-106)123-90-57-48-39-30-21-27-36-45-54-87-120-105-80-68-99(69-81-105)114-111-96-62-74-102(75-63-96)117-84-51-42-33-24-18-15-12-9-6-3/h58-81,91-93H,4-57,82-90H2,1-3H3. The number of ether oxygens (including phenoxy) is 9. The highest BCUT2D eigenvalue weighted by Gasteiger charge is 2.10. The lowest BCUT2D eigenvalue weighted by Crippen LogP contribution is -2.02. The molecule has 0 unspecified atom stereocenters. The van der Waals surface area contributed by atoms with Crippen molar-refractivity contribution in [1.29, 1.82) is 0 Å². The third-order valence-corrected chi connectivity index (χ3v) is 22.7. The van der Waals surface area contributed by atoms with E-state index in [1.54, 1.807) is 0 Å². The first-order chi connectivity index (χ1) is 61.0. The second kappa shape index (κ2) is 71.8. The van der Waals surface area contributed by atoms with Gasteiger partial charge in [0.1, 0.15) is 51.7 Å². The average Bonchev–Trinajstić information content (AvgIpc) is 0.508. The lowest BCUT2D eigenvalue weighted by atomic mass is 10.1. The second-order valence-electron chi connectivity index (χ2n) is 33.9. The van der Waals surface area contributed by atoms with Gasteiger partial charge in [-0.15, -0.1) is 0 Å². The lowest BCUT2D eigenvalue weighted by Gasteiger charge is -2.13. The second-order valence-corrected chi connectivity index (χ2v) is 33.9. The monoisotopic (exact) mass is 1690 g/mol. The Morgan fingerprint density at radius 3 is 0.358 bits per heavy atom. The van der Waals surface area contributed by atoms with Crippen LogP contribution in [0.3, 0.4) is 0 Å².